The third-order valence-corrected chi connectivity index (χ3v) is 5.80. The van der Waals surface area contributed by atoms with Crippen LogP contribution in [-0.4, -0.2) is 75.4 Å². The van der Waals surface area contributed by atoms with E-state index in [4.69, 9.17) is 19.7 Å². The van der Waals surface area contributed by atoms with E-state index in [1.54, 1.807) is 6.33 Å². The molecular formula is C18H21N7OS. The van der Waals surface area contributed by atoms with Gasteiger partial charge in [0, 0.05) is 37.7 Å². The van der Waals surface area contributed by atoms with Gasteiger partial charge in [-0.15, -0.1) is 0 Å². The SMILES string of the molecule is c1ccc2c(c1)ncn2-c1nc(N2CCOCC2)nc(N2CCSCC2)n1. The number of nitrogens with zero attached hydrogens (tertiary/aromatic N) is 7. The Bertz CT molecular complexity index is 898. The summed E-state index contributed by atoms with van der Waals surface area (Å²) in [7, 11) is 0. The van der Waals surface area contributed by atoms with E-state index in [0.717, 1.165) is 54.7 Å². The highest BCUT2D eigenvalue weighted by atomic mass is 32.2. The lowest BCUT2D eigenvalue weighted by Gasteiger charge is -2.30. The quantitative estimate of drug-likeness (QED) is 0.675. The van der Waals surface area contributed by atoms with Gasteiger partial charge in [-0.05, 0) is 12.1 Å². The number of hydrogen-bond acceptors (Lipinski definition) is 8. The fourth-order valence-corrected chi connectivity index (χ4v) is 4.28. The van der Waals surface area contributed by atoms with Crippen molar-refractivity contribution in [1.29, 1.82) is 0 Å². The number of rotatable bonds is 3. The summed E-state index contributed by atoms with van der Waals surface area (Å²) in [5.41, 5.74) is 1.93. The summed E-state index contributed by atoms with van der Waals surface area (Å²) in [5, 5.41) is 0. The molecule has 2 aliphatic heterocycles. The number of benzene rings is 1. The number of hydrogen-bond donors (Lipinski definition) is 0. The molecule has 4 heterocycles. The van der Waals surface area contributed by atoms with E-state index in [0.29, 0.717) is 25.1 Å². The Labute approximate surface area is 161 Å². The van der Waals surface area contributed by atoms with Crippen LogP contribution in [0.5, 0.6) is 0 Å². The Morgan fingerprint density at radius 2 is 1.48 bits per heavy atom. The molecule has 140 valence electrons. The lowest BCUT2D eigenvalue weighted by atomic mass is 10.3. The summed E-state index contributed by atoms with van der Waals surface area (Å²) in [6, 6.07) is 8.03. The van der Waals surface area contributed by atoms with Crippen molar-refractivity contribution in [1.82, 2.24) is 24.5 Å². The lowest BCUT2D eigenvalue weighted by molar-refractivity contribution is 0.122. The molecule has 0 radical (unpaired) electrons. The number of anilines is 2. The Morgan fingerprint density at radius 3 is 2.26 bits per heavy atom. The zero-order chi connectivity index (χ0) is 18.1. The van der Waals surface area contributed by atoms with Crippen LogP contribution in [0.1, 0.15) is 0 Å². The van der Waals surface area contributed by atoms with Gasteiger partial charge in [-0.25, -0.2) is 4.98 Å². The summed E-state index contributed by atoms with van der Waals surface area (Å²) in [5.74, 6) is 4.28. The zero-order valence-electron chi connectivity index (χ0n) is 15.0. The average Bonchev–Trinajstić information content (AvgIpc) is 3.19. The summed E-state index contributed by atoms with van der Waals surface area (Å²) < 4.78 is 7.43. The second-order valence-corrected chi connectivity index (χ2v) is 7.76. The van der Waals surface area contributed by atoms with Gasteiger partial charge in [0.2, 0.25) is 17.8 Å². The number of ether oxygens (including phenoxy) is 1. The van der Waals surface area contributed by atoms with Crippen molar-refractivity contribution in [3.05, 3.63) is 30.6 Å². The maximum Gasteiger partial charge on any atom is 0.242 e. The van der Waals surface area contributed by atoms with Crippen LogP contribution in [0, 0.1) is 0 Å². The molecule has 0 spiro atoms. The Balaban J connectivity index is 1.60. The molecule has 0 atom stereocenters. The minimum absolute atomic E-state index is 0.619. The molecule has 2 aromatic heterocycles. The minimum atomic E-state index is 0.619. The highest BCUT2D eigenvalue weighted by Gasteiger charge is 2.21. The van der Waals surface area contributed by atoms with Crippen molar-refractivity contribution in [3.63, 3.8) is 0 Å². The van der Waals surface area contributed by atoms with E-state index in [1.165, 1.54) is 0 Å². The molecule has 5 rings (SSSR count). The molecule has 2 fully saturated rings. The Hall–Kier alpha value is -2.39. The standard InChI is InChI=1S/C18H21N7OS/c1-2-4-15-14(3-1)19-13-25(15)18-21-16(23-5-9-26-10-6-23)20-17(22-18)24-7-11-27-12-8-24/h1-4,13H,5-12H2. The van der Waals surface area contributed by atoms with Crippen LogP contribution in [0.3, 0.4) is 0 Å². The highest BCUT2D eigenvalue weighted by Crippen LogP contribution is 2.22. The summed E-state index contributed by atoms with van der Waals surface area (Å²) in [6.07, 6.45) is 1.79. The normalized spacial score (nSPS) is 18.2. The van der Waals surface area contributed by atoms with E-state index in [2.05, 4.69) is 14.8 Å². The van der Waals surface area contributed by atoms with Gasteiger partial charge in [0.05, 0.1) is 24.2 Å². The molecular weight excluding hydrogens is 362 g/mol. The van der Waals surface area contributed by atoms with Crippen LogP contribution in [-0.2, 0) is 4.74 Å². The zero-order valence-corrected chi connectivity index (χ0v) is 15.8. The topological polar surface area (TPSA) is 72.2 Å². The molecule has 3 aromatic rings. The average molecular weight is 383 g/mol. The first-order chi connectivity index (χ1) is 13.4. The molecule has 27 heavy (non-hydrogen) atoms. The molecule has 0 unspecified atom stereocenters. The van der Waals surface area contributed by atoms with Crippen molar-refractivity contribution in [2.75, 3.05) is 60.7 Å². The first-order valence-electron chi connectivity index (χ1n) is 9.22. The van der Waals surface area contributed by atoms with E-state index in [9.17, 15) is 0 Å². The van der Waals surface area contributed by atoms with E-state index in [-0.39, 0.29) is 0 Å². The fraction of sp³-hybridized carbons (Fsp3) is 0.444. The molecule has 8 nitrogen and oxygen atoms in total. The predicted molar refractivity (Wildman–Crippen MR) is 107 cm³/mol. The van der Waals surface area contributed by atoms with Gasteiger partial charge in [0.25, 0.3) is 0 Å². The van der Waals surface area contributed by atoms with Crippen LogP contribution in [0.4, 0.5) is 11.9 Å². The van der Waals surface area contributed by atoms with E-state index in [1.807, 2.05) is 40.6 Å². The summed E-state index contributed by atoms with van der Waals surface area (Å²) in [6.45, 7) is 4.91. The molecule has 9 heteroatoms. The van der Waals surface area contributed by atoms with E-state index < -0.39 is 0 Å². The third-order valence-electron chi connectivity index (χ3n) is 4.86. The Kier molecular flexibility index (Phi) is 4.54. The minimum Gasteiger partial charge on any atom is -0.378 e. The molecule has 0 bridgehead atoms. The maximum absolute atomic E-state index is 5.49. The summed E-state index contributed by atoms with van der Waals surface area (Å²) >= 11 is 1.97. The first-order valence-corrected chi connectivity index (χ1v) is 10.4. The van der Waals surface area contributed by atoms with Crippen molar-refractivity contribution in [2.24, 2.45) is 0 Å². The van der Waals surface area contributed by atoms with Crippen LogP contribution in [0.2, 0.25) is 0 Å². The van der Waals surface area contributed by atoms with Gasteiger partial charge in [0.1, 0.15) is 6.33 Å². The van der Waals surface area contributed by atoms with Gasteiger partial charge in [-0.2, -0.15) is 26.7 Å². The number of aromatic nitrogens is 5. The molecule has 2 aliphatic rings. The molecule has 2 saturated heterocycles. The third kappa shape index (κ3) is 3.32. The van der Waals surface area contributed by atoms with Gasteiger partial charge in [-0.3, -0.25) is 4.57 Å². The molecule has 0 amide bonds. The second kappa shape index (κ2) is 7.32. The number of fused-ring (bicyclic) bond motifs is 1. The molecule has 1 aromatic carbocycles. The molecule has 0 N–H and O–H groups in total. The molecule has 0 aliphatic carbocycles. The van der Waals surface area contributed by atoms with Crippen molar-refractivity contribution in [3.8, 4) is 5.95 Å². The predicted octanol–water partition coefficient (Wildman–Crippen LogP) is 1.60. The monoisotopic (exact) mass is 383 g/mol. The second-order valence-electron chi connectivity index (χ2n) is 6.54. The van der Waals surface area contributed by atoms with Gasteiger partial charge in [-0.1, -0.05) is 12.1 Å². The smallest absolute Gasteiger partial charge is 0.242 e. The van der Waals surface area contributed by atoms with E-state index >= 15 is 0 Å². The number of para-hydroxylation sites is 2. The summed E-state index contributed by atoms with van der Waals surface area (Å²) in [4.78, 5) is 23.3. The first kappa shape index (κ1) is 16.8. The lowest BCUT2D eigenvalue weighted by Crippen LogP contribution is -2.39. The van der Waals surface area contributed by atoms with Gasteiger partial charge >= 0.3 is 0 Å². The fourth-order valence-electron chi connectivity index (χ4n) is 3.38. The highest BCUT2D eigenvalue weighted by molar-refractivity contribution is 7.99. The molecule has 0 saturated carbocycles. The van der Waals surface area contributed by atoms with Crippen molar-refractivity contribution < 1.29 is 4.74 Å². The van der Waals surface area contributed by atoms with Gasteiger partial charge in [0.15, 0.2) is 0 Å². The van der Waals surface area contributed by atoms with Crippen LogP contribution >= 0.6 is 11.8 Å². The van der Waals surface area contributed by atoms with Gasteiger partial charge < -0.3 is 14.5 Å². The van der Waals surface area contributed by atoms with Crippen LogP contribution < -0.4 is 9.80 Å². The van der Waals surface area contributed by atoms with Crippen molar-refractivity contribution in [2.45, 2.75) is 0 Å². The Morgan fingerprint density at radius 1 is 0.815 bits per heavy atom. The van der Waals surface area contributed by atoms with Crippen LogP contribution in [0.25, 0.3) is 17.0 Å². The number of imidazole rings is 1. The number of thioether (sulfide) groups is 1. The maximum atomic E-state index is 5.49. The largest absolute Gasteiger partial charge is 0.378 e. The number of morpholine rings is 1. The van der Waals surface area contributed by atoms with Crippen LogP contribution in [0.15, 0.2) is 30.6 Å². The van der Waals surface area contributed by atoms with Crippen molar-refractivity contribution >= 4 is 34.7 Å².